The van der Waals surface area contributed by atoms with Crippen molar-refractivity contribution in [3.63, 3.8) is 0 Å². The topological polar surface area (TPSA) is 34.5 Å². The molecular weight excluding hydrogens is 392 g/mol. The minimum absolute atomic E-state index is 0.334. The van der Waals surface area contributed by atoms with Gasteiger partial charge in [-0.05, 0) is 65.3 Å². The predicted octanol–water partition coefficient (Wildman–Crippen LogP) is 5.38. The first-order chi connectivity index (χ1) is 12.2. The number of nitrogens with zero attached hydrogens (tertiary/aromatic N) is 2. The second-order valence-corrected chi connectivity index (χ2v) is 9.05. The highest BCUT2D eigenvalue weighted by Crippen LogP contribution is 2.32. The van der Waals surface area contributed by atoms with Gasteiger partial charge in [0.15, 0.2) is 0 Å². The lowest BCUT2D eigenvalue weighted by Gasteiger charge is -2.31. The molecule has 0 aliphatic carbocycles. The van der Waals surface area contributed by atoms with Gasteiger partial charge >= 0.3 is 6.09 Å². The molecule has 0 bridgehead atoms. The Bertz CT molecular complexity index is 861. The molecule has 26 heavy (non-hydrogen) atoms. The maximum absolute atomic E-state index is 12.7. The van der Waals surface area contributed by atoms with Gasteiger partial charge in [0.1, 0.15) is 5.60 Å². The normalized spacial score (nSPS) is 18.8. The number of halogens is 1. The van der Waals surface area contributed by atoms with Crippen molar-refractivity contribution in [3.8, 4) is 0 Å². The Morgan fingerprint density at radius 2 is 2.08 bits per heavy atom. The highest BCUT2D eigenvalue weighted by molar-refractivity contribution is 9.10. The second kappa shape index (κ2) is 7.20. The lowest BCUT2D eigenvalue weighted by Crippen LogP contribution is -2.37. The minimum atomic E-state index is -0.522. The number of rotatable bonds is 2. The Morgan fingerprint density at radius 3 is 2.73 bits per heavy atom. The lowest BCUT2D eigenvalue weighted by molar-refractivity contribution is 0.0544. The molecule has 1 aromatic heterocycles. The molecular formula is C21H27BrN2O2. The minimum Gasteiger partial charge on any atom is -0.443 e. The summed E-state index contributed by atoms with van der Waals surface area (Å²) in [6.07, 6.45) is 5.87. The molecule has 0 spiro atoms. The van der Waals surface area contributed by atoms with Gasteiger partial charge in [-0.25, -0.2) is 4.79 Å². The van der Waals surface area contributed by atoms with Crippen molar-refractivity contribution in [2.45, 2.75) is 52.2 Å². The van der Waals surface area contributed by atoms with Crippen LogP contribution in [0.1, 0.15) is 39.7 Å². The molecule has 0 N–H and O–H groups in total. The number of benzene rings is 1. The van der Waals surface area contributed by atoms with Crippen LogP contribution < -0.4 is 0 Å². The summed E-state index contributed by atoms with van der Waals surface area (Å²) in [5, 5.41) is 1.10. The Balaban J connectivity index is 1.99. The maximum Gasteiger partial charge on any atom is 0.419 e. The molecule has 2 heterocycles. The zero-order valence-corrected chi connectivity index (χ0v) is 17.8. The van der Waals surface area contributed by atoms with E-state index in [-0.39, 0.29) is 6.09 Å². The van der Waals surface area contributed by atoms with E-state index >= 15 is 0 Å². The molecule has 1 aromatic carbocycles. The zero-order valence-electron chi connectivity index (χ0n) is 16.2. The summed E-state index contributed by atoms with van der Waals surface area (Å²) in [4.78, 5) is 15.1. The summed E-state index contributed by atoms with van der Waals surface area (Å²) < 4.78 is 8.25. The van der Waals surface area contributed by atoms with Crippen LogP contribution in [0.4, 0.5) is 4.79 Å². The quantitative estimate of drug-likeness (QED) is 0.613. The monoisotopic (exact) mass is 418 g/mol. The van der Waals surface area contributed by atoms with Crippen LogP contribution in [-0.2, 0) is 11.2 Å². The summed E-state index contributed by atoms with van der Waals surface area (Å²) >= 11 is 3.67. The number of hydrogen-bond donors (Lipinski definition) is 0. The molecule has 4 nitrogen and oxygen atoms in total. The number of likely N-dealkylation sites (N-methyl/N-ethyl adjacent to an activating group) is 1. The van der Waals surface area contributed by atoms with Crippen molar-refractivity contribution in [1.29, 1.82) is 0 Å². The van der Waals surface area contributed by atoms with Crippen LogP contribution in [0.15, 0.2) is 40.5 Å². The van der Waals surface area contributed by atoms with Crippen molar-refractivity contribution >= 4 is 32.9 Å². The lowest BCUT2D eigenvalue weighted by atomic mass is 9.97. The van der Waals surface area contributed by atoms with Crippen LogP contribution >= 0.6 is 15.9 Å². The zero-order chi connectivity index (χ0) is 19.1. The van der Waals surface area contributed by atoms with E-state index in [9.17, 15) is 4.79 Å². The van der Waals surface area contributed by atoms with Crippen molar-refractivity contribution in [1.82, 2.24) is 9.47 Å². The van der Waals surface area contributed by atoms with E-state index in [2.05, 4.69) is 40.9 Å². The van der Waals surface area contributed by atoms with Crippen molar-refractivity contribution in [2.75, 3.05) is 13.6 Å². The van der Waals surface area contributed by atoms with E-state index in [0.29, 0.717) is 6.04 Å². The third-order valence-electron chi connectivity index (χ3n) is 4.76. The first kappa shape index (κ1) is 19.2. The van der Waals surface area contributed by atoms with Crippen LogP contribution in [0, 0.1) is 0 Å². The van der Waals surface area contributed by atoms with E-state index in [1.807, 2.05) is 45.2 Å². The van der Waals surface area contributed by atoms with Crippen LogP contribution in [0.3, 0.4) is 0 Å². The first-order valence-electron chi connectivity index (χ1n) is 9.03. The van der Waals surface area contributed by atoms with Gasteiger partial charge in [0.25, 0.3) is 0 Å². The fraction of sp³-hybridized carbons (Fsp3) is 0.476. The molecule has 0 saturated heterocycles. The van der Waals surface area contributed by atoms with Gasteiger partial charge < -0.3 is 4.74 Å². The van der Waals surface area contributed by atoms with Gasteiger partial charge in [-0.2, -0.15) is 0 Å². The largest absolute Gasteiger partial charge is 0.443 e. The van der Waals surface area contributed by atoms with Gasteiger partial charge in [-0.1, -0.05) is 33.6 Å². The summed E-state index contributed by atoms with van der Waals surface area (Å²) in [6.45, 7) is 8.84. The van der Waals surface area contributed by atoms with E-state index in [1.165, 1.54) is 11.1 Å². The van der Waals surface area contributed by atoms with Crippen LogP contribution in [0.5, 0.6) is 0 Å². The summed E-state index contributed by atoms with van der Waals surface area (Å²) in [5.41, 5.74) is 2.95. The molecule has 1 atom stereocenters. The smallest absolute Gasteiger partial charge is 0.419 e. The van der Waals surface area contributed by atoms with Gasteiger partial charge in [-0.15, -0.1) is 0 Å². The highest BCUT2D eigenvalue weighted by Gasteiger charge is 2.24. The molecule has 3 rings (SSSR count). The number of hydrogen-bond acceptors (Lipinski definition) is 3. The Kier molecular flexibility index (Phi) is 5.31. The van der Waals surface area contributed by atoms with E-state index in [1.54, 1.807) is 4.57 Å². The molecule has 0 amide bonds. The number of fused-ring (bicyclic) bond motifs is 1. The van der Waals surface area contributed by atoms with E-state index in [0.717, 1.165) is 34.8 Å². The fourth-order valence-corrected chi connectivity index (χ4v) is 4.15. The molecule has 0 radical (unpaired) electrons. The molecule has 2 aromatic rings. The average Bonchev–Trinajstić information content (AvgIpc) is 2.89. The number of carbonyl (C=O) groups is 1. The first-order valence-corrected chi connectivity index (χ1v) is 9.82. The van der Waals surface area contributed by atoms with Gasteiger partial charge in [0, 0.05) is 28.6 Å². The van der Waals surface area contributed by atoms with Crippen molar-refractivity contribution in [3.05, 3.63) is 46.1 Å². The molecule has 1 aliphatic rings. The fourth-order valence-electron chi connectivity index (χ4n) is 3.54. The standard InChI is InChI=1S/C21H27BrN2O2/c1-14-9-10-16(23(5)12-14)11-15-13-24(20(25)26-21(2,3)4)18-8-6-7-17(22)19(15)18/h6-9,13,16H,10-12H2,1-5H3/t16-/m0/s1. The molecule has 5 heteroatoms. The molecule has 0 saturated carbocycles. The number of ether oxygens (including phenoxy) is 1. The Morgan fingerprint density at radius 1 is 1.35 bits per heavy atom. The van der Waals surface area contributed by atoms with Crippen LogP contribution in [0.25, 0.3) is 10.9 Å². The number of carbonyl (C=O) groups excluding carboxylic acids is 1. The summed E-state index contributed by atoms with van der Waals surface area (Å²) in [6, 6.07) is 6.39. The van der Waals surface area contributed by atoms with Gasteiger partial charge in [0.05, 0.1) is 5.52 Å². The molecule has 0 fully saturated rings. The number of aromatic nitrogens is 1. The highest BCUT2D eigenvalue weighted by atomic mass is 79.9. The van der Waals surface area contributed by atoms with E-state index in [4.69, 9.17) is 4.74 Å². The van der Waals surface area contributed by atoms with Crippen LogP contribution in [0.2, 0.25) is 0 Å². The average molecular weight is 419 g/mol. The molecule has 140 valence electrons. The summed E-state index contributed by atoms with van der Waals surface area (Å²) in [5.74, 6) is 0. The van der Waals surface area contributed by atoms with Crippen molar-refractivity contribution in [2.24, 2.45) is 0 Å². The maximum atomic E-state index is 12.7. The predicted molar refractivity (Wildman–Crippen MR) is 110 cm³/mol. The van der Waals surface area contributed by atoms with Crippen LogP contribution in [-0.4, -0.2) is 40.8 Å². The summed E-state index contributed by atoms with van der Waals surface area (Å²) in [7, 11) is 2.17. The SMILES string of the molecule is CC1=CC[C@@H](Cc2cn(C(=O)OC(C)(C)C)c3cccc(Br)c23)N(C)C1. The molecule has 1 aliphatic heterocycles. The Labute approximate surface area is 163 Å². The van der Waals surface area contributed by atoms with Gasteiger partial charge in [-0.3, -0.25) is 9.47 Å². The van der Waals surface area contributed by atoms with E-state index < -0.39 is 5.60 Å². The second-order valence-electron chi connectivity index (χ2n) is 8.20. The molecule has 0 unspecified atom stereocenters. The van der Waals surface area contributed by atoms with Gasteiger partial charge in [0.2, 0.25) is 0 Å². The van der Waals surface area contributed by atoms with Crippen molar-refractivity contribution < 1.29 is 9.53 Å². The third kappa shape index (κ3) is 4.04. The third-order valence-corrected chi connectivity index (χ3v) is 5.42. The Hall–Kier alpha value is -1.59.